The molecule has 0 radical (unpaired) electrons. The second-order valence-electron chi connectivity index (χ2n) is 5.65. The van der Waals surface area contributed by atoms with Crippen molar-refractivity contribution in [1.29, 1.82) is 0 Å². The summed E-state index contributed by atoms with van der Waals surface area (Å²) >= 11 is 0. The Labute approximate surface area is 148 Å². The summed E-state index contributed by atoms with van der Waals surface area (Å²) < 4.78 is 10.7. The fourth-order valence-electron chi connectivity index (χ4n) is 2.64. The molecular weight excluding hydrogens is 336 g/mol. The average molecular weight is 353 g/mol. The maximum Gasteiger partial charge on any atom is 0.426 e. The normalized spacial score (nSPS) is 10.7. The minimum Gasteiger partial charge on any atom is -0.453 e. The van der Waals surface area contributed by atoms with Gasteiger partial charge in [-0.15, -0.1) is 0 Å². The molecule has 1 heterocycles. The number of aromatic amines is 1. The van der Waals surface area contributed by atoms with Crippen molar-refractivity contribution in [3.05, 3.63) is 88.4 Å². The van der Waals surface area contributed by atoms with Crippen molar-refractivity contribution in [3.63, 3.8) is 0 Å². The average Bonchev–Trinajstić information content (AvgIpc) is 3.07. The molecule has 2 aromatic carbocycles. The topological polar surface area (TPSA) is 93.2 Å². The standard InChI is InChI=1S/C19H16N2O5/c22-16(13-25-17(23)11-21-12-18(24)26-20-21)19(14-7-3-1-4-8-14)15-9-5-2-6-10-15/h1-10,12,19H,11,13H2/p+1. The molecule has 0 spiro atoms. The van der Waals surface area contributed by atoms with Crippen LogP contribution < -0.4 is 10.3 Å². The van der Waals surface area contributed by atoms with E-state index in [1.54, 1.807) is 0 Å². The molecule has 3 rings (SSSR count). The Balaban J connectivity index is 1.70. The van der Waals surface area contributed by atoms with Crippen molar-refractivity contribution in [2.24, 2.45) is 0 Å². The van der Waals surface area contributed by atoms with Crippen LogP contribution >= 0.6 is 0 Å². The molecule has 0 fully saturated rings. The van der Waals surface area contributed by atoms with Gasteiger partial charge >= 0.3 is 11.6 Å². The van der Waals surface area contributed by atoms with E-state index in [2.05, 4.69) is 9.79 Å². The molecule has 132 valence electrons. The predicted molar refractivity (Wildman–Crippen MR) is 90.2 cm³/mol. The summed E-state index contributed by atoms with van der Waals surface area (Å²) in [6.07, 6.45) is 1.08. The molecule has 7 heteroatoms. The minimum absolute atomic E-state index is 0.235. The van der Waals surface area contributed by atoms with E-state index in [9.17, 15) is 14.4 Å². The summed E-state index contributed by atoms with van der Waals surface area (Å²) in [5, 5.41) is 2.24. The lowest BCUT2D eigenvalue weighted by Gasteiger charge is -2.16. The Morgan fingerprint density at radius 3 is 2.08 bits per heavy atom. The van der Waals surface area contributed by atoms with Crippen LogP contribution in [-0.2, 0) is 20.9 Å². The van der Waals surface area contributed by atoms with Gasteiger partial charge in [0.2, 0.25) is 0 Å². The van der Waals surface area contributed by atoms with Crippen LogP contribution in [0.15, 0.2) is 76.2 Å². The zero-order valence-electron chi connectivity index (χ0n) is 13.8. The van der Waals surface area contributed by atoms with Crippen molar-refractivity contribution in [2.75, 3.05) is 6.61 Å². The molecule has 26 heavy (non-hydrogen) atoms. The molecule has 1 N–H and O–H groups in total. The zero-order valence-corrected chi connectivity index (χ0v) is 13.8. The lowest BCUT2D eigenvalue weighted by atomic mass is 9.88. The van der Waals surface area contributed by atoms with Gasteiger partial charge in [0.1, 0.15) is 0 Å². The Morgan fingerprint density at radius 1 is 1.00 bits per heavy atom. The van der Waals surface area contributed by atoms with E-state index >= 15 is 0 Å². The van der Waals surface area contributed by atoms with Gasteiger partial charge in [0.05, 0.1) is 5.92 Å². The summed E-state index contributed by atoms with van der Waals surface area (Å²) in [5.41, 5.74) is 1.05. The Hall–Kier alpha value is -3.48. The highest BCUT2D eigenvalue weighted by Crippen LogP contribution is 2.25. The van der Waals surface area contributed by atoms with Crippen LogP contribution in [0, 0.1) is 0 Å². The van der Waals surface area contributed by atoms with Crippen molar-refractivity contribution in [3.8, 4) is 0 Å². The number of aromatic nitrogens is 2. The number of esters is 1. The van der Waals surface area contributed by atoms with E-state index < -0.39 is 17.5 Å². The van der Waals surface area contributed by atoms with E-state index in [0.29, 0.717) is 0 Å². The highest BCUT2D eigenvalue weighted by molar-refractivity contribution is 5.91. The van der Waals surface area contributed by atoms with E-state index in [-0.39, 0.29) is 18.9 Å². The van der Waals surface area contributed by atoms with E-state index in [0.717, 1.165) is 22.0 Å². The first-order valence-corrected chi connectivity index (χ1v) is 7.99. The van der Waals surface area contributed by atoms with Gasteiger partial charge in [-0.05, 0) is 16.4 Å². The van der Waals surface area contributed by atoms with Crippen LogP contribution in [0.1, 0.15) is 17.0 Å². The van der Waals surface area contributed by atoms with E-state index in [4.69, 9.17) is 4.74 Å². The highest BCUT2D eigenvalue weighted by Gasteiger charge is 2.24. The van der Waals surface area contributed by atoms with E-state index in [1.165, 1.54) is 0 Å². The number of ketones is 1. The summed E-state index contributed by atoms with van der Waals surface area (Å²) in [5.74, 6) is -1.41. The van der Waals surface area contributed by atoms with Crippen LogP contribution in [0.25, 0.3) is 0 Å². The van der Waals surface area contributed by atoms with Crippen LogP contribution in [0.4, 0.5) is 0 Å². The molecule has 0 bridgehead atoms. The quantitative estimate of drug-likeness (QED) is 0.509. The van der Waals surface area contributed by atoms with Crippen molar-refractivity contribution in [2.45, 2.75) is 12.5 Å². The molecule has 0 unspecified atom stereocenters. The van der Waals surface area contributed by atoms with Crippen LogP contribution in [0.3, 0.4) is 0 Å². The van der Waals surface area contributed by atoms with Gasteiger partial charge in [0.15, 0.2) is 12.4 Å². The molecule has 0 aliphatic rings. The van der Waals surface area contributed by atoms with Gasteiger partial charge in [-0.2, -0.15) is 0 Å². The third kappa shape index (κ3) is 4.32. The molecule has 0 aliphatic carbocycles. The summed E-state index contributed by atoms with van der Waals surface area (Å²) in [6, 6.07) is 18.6. The Bertz CT molecular complexity index is 892. The Kier molecular flexibility index (Phi) is 5.38. The van der Waals surface area contributed by atoms with Gasteiger partial charge in [0.25, 0.3) is 12.7 Å². The smallest absolute Gasteiger partial charge is 0.426 e. The van der Waals surface area contributed by atoms with Gasteiger partial charge in [-0.1, -0.05) is 65.3 Å². The fourth-order valence-corrected chi connectivity index (χ4v) is 2.64. The maximum absolute atomic E-state index is 12.7. The monoisotopic (exact) mass is 353 g/mol. The largest absolute Gasteiger partial charge is 0.453 e. The van der Waals surface area contributed by atoms with Crippen LogP contribution in [-0.4, -0.2) is 23.6 Å². The van der Waals surface area contributed by atoms with Gasteiger partial charge in [-0.3, -0.25) is 9.32 Å². The zero-order chi connectivity index (χ0) is 18.4. The maximum atomic E-state index is 12.7. The molecule has 0 saturated heterocycles. The number of nitrogens with zero attached hydrogens (tertiary/aromatic N) is 1. The van der Waals surface area contributed by atoms with Gasteiger partial charge in [-0.25, -0.2) is 9.59 Å². The van der Waals surface area contributed by atoms with E-state index in [1.807, 2.05) is 60.7 Å². The van der Waals surface area contributed by atoms with Crippen LogP contribution in [0.2, 0.25) is 0 Å². The lowest BCUT2D eigenvalue weighted by molar-refractivity contribution is -0.752. The first-order valence-electron chi connectivity index (χ1n) is 7.99. The number of H-pyrrole nitrogens is 1. The first kappa shape index (κ1) is 17.3. The highest BCUT2D eigenvalue weighted by atomic mass is 16.5. The number of hydrogen-bond donors (Lipinski definition) is 1. The number of Topliss-reactive ketones (excluding diaryl/α,β-unsaturated/α-hetero) is 1. The third-order valence-electron chi connectivity index (χ3n) is 3.79. The molecule has 7 nitrogen and oxygen atoms in total. The number of carbonyl (C=O) groups is 2. The Morgan fingerprint density at radius 2 is 1.58 bits per heavy atom. The lowest BCUT2D eigenvalue weighted by Crippen LogP contribution is -2.40. The van der Waals surface area contributed by atoms with Gasteiger partial charge < -0.3 is 4.74 Å². The molecule has 0 saturated carbocycles. The minimum atomic E-state index is -0.653. The number of ether oxygens (including phenoxy) is 1. The summed E-state index contributed by atoms with van der Waals surface area (Å²) in [4.78, 5) is 35.5. The number of benzene rings is 2. The molecule has 0 aliphatic heterocycles. The van der Waals surface area contributed by atoms with Gasteiger partial charge in [0, 0.05) is 0 Å². The number of nitrogens with one attached hydrogen (secondary N) is 1. The second kappa shape index (κ2) is 8.06. The molecule has 1 aromatic heterocycles. The number of rotatable bonds is 7. The SMILES string of the molecule is O=C(C[n+]1cc(=O)o[nH]1)OCC(=O)C(c1ccccc1)c1ccccc1. The number of hydrogen-bond acceptors (Lipinski definition) is 5. The molecular formula is C19H17N2O5+. The molecule has 0 atom stereocenters. The first-order chi connectivity index (χ1) is 12.6. The second-order valence-corrected chi connectivity index (χ2v) is 5.65. The van der Waals surface area contributed by atoms with Crippen LogP contribution in [0.5, 0.6) is 0 Å². The summed E-state index contributed by atoms with van der Waals surface area (Å²) in [7, 11) is 0. The van der Waals surface area contributed by atoms with Crippen molar-refractivity contribution >= 4 is 11.8 Å². The third-order valence-corrected chi connectivity index (χ3v) is 3.79. The van der Waals surface area contributed by atoms with Crippen molar-refractivity contribution in [1.82, 2.24) is 5.27 Å². The van der Waals surface area contributed by atoms with Crippen molar-refractivity contribution < 1.29 is 23.5 Å². The fraction of sp³-hybridized carbons (Fsp3) is 0.158. The number of carbonyl (C=O) groups excluding carboxylic acids is 2. The summed E-state index contributed by atoms with van der Waals surface area (Å²) in [6.45, 7) is -0.615. The molecule has 3 aromatic rings. The molecule has 0 amide bonds. The predicted octanol–water partition coefficient (Wildman–Crippen LogP) is 1.20.